The highest BCUT2D eigenvalue weighted by Crippen LogP contribution is 2.32. The Morgan fingerprint density at radius 3 is 2.59 bits per heavy atom. The van der Waals surface area contributed by atoms with Crippen molar-refractivity contribution in [2.75, 3.05) is 12.4 Å². The molecule has 0 aliphatic carbocycles. The Morgan fingerprint density at radius 2 is 1.82 bits per heavy atom. The van der Waals surface area contributed by atoms with Crippen LogP contribution in [0.1, 0.15) is 5.56 Å². The minimum Gasteiger partial charge on any atom is -0.493 e. The molecule has 0 aliphatic rings. The summed E-state index contributed by atoms with van der Waals surface area (Å²) in [5.41, 5.74) is 1.53. The van der Waals surface area contributed by atoms with Crippen molar-refractivity contribution < 1.29 is 19.2 Å². The third kappa shape index (κ3) is 5.33. The van der Waals surface area contributed by atoms with Crippen molar-refractivity contribution in [3.63, 3.8) is 0 Å². The van der Waals surface area contributed by atoms with Crippen LogP contribution in [0.5, 0.6) is 11.5 Å². The van der Waals surface area contributed by atoms with Crippen molar-refractivity contribution in [3.05, 3.63) is 88.5 Å². The summed E-state index contributed by atoms with van der Waals surface area (Å²) in [4.78, 5) is 24.0. The van der Waals surface area contributed by atoms with Crippen molar-refractivity contribution in [3.8, 4) is 22.9 Å². The largest absolute Gasteiger partial charge is 0.493 e. The Labute approximate surface area is 194 Å². The number of nitro groups is 1. The van der Waals surface area contributed by atoms with Crippen molar-refractivity contribution in [1.29, 1.82) is 0 Å². The van der Waals surface area contributed by atoms with E-state index < -0.39 is 10.8 Å². The second-order valence-corrected chi connectivity index (χ2v) is 7.11. The maximum absolute atomic E-state index is 12.3. The number of hydrogen-bond donors (Lipinski definition) is 1. The molecule has 0 unspecified atom stereocenters. The van der Waals surface area contributed by atoms with Crippen molar-refractivity contribution >= 4 is 17.3 Å². The molecule has 11 heteroatoms. The van der Waals surface area contributed by atoms with Gasteiger partial charge in [-0.05, 0) is 35.0 Å². The number of tetrazole rings is 1. The maximum atomic E-state index is 12.3. The monoisotopic (exact) mass is 460 g/mol. The van der Waals surface area contributed by atoms with Crippen molar-refractivity contribution in [1.82, 2.24) is 20.2 Å². The third-order valence-electron chi connectivity index (χ3n) is 4.77. The fourth-order valence-electron chi connectivity index (χ4n) is 3.14. The predicted octanol–water partition coefficient (Wildman–Crippen LogP) is 3.47. The number of rotatable bonds is 9. The molecule has 0 fully saturated rings. The number of anilines is 1. The summed E-state index contributed by atoms with van der Waals surface area (Å²) < 4.78 is 11.3. The fraction of sp³-hybridized carbons (Fsp3) is 0.130. The number of methoxy groups -OCH3 is 1. The van der Waals surface area contributed by atoms with E-state index in [-0.39, 0.29) is 23.7 Å². The van der Waals surface area contributed by atoms with E-state index in [1.165, 1.54) is 25.3 Å². The molecule has 4 rings (SSSR count). The molecule has 1 heterocycles. The highest BCUT2D eigenvalue weighted by Gasteiger charge is 2.17. The van der Waals surface area contributed by atoms with E-state index in [9.17, 15) is 14.9 Å². The molecule has 3 aromatic carbocycles. The number of benzene rings is 3. The molecule has 0 atom stereocenters. The Bertz CT molecular complexity index is 1310. The molecule has 1 amide bonds. The van der Waals surface area contributed by atoms with Gasteiger partial charge in [-0.25, -0.2) is 0 Å². The number of ether oxygens (including phenoxy) is 2. The lowest BCUT2D eigenvalue weighted by Gasteiger charge is -2.11. The van der Waals surface area contributed by atoms with E-state index in [1.54, 1.807) is 24.3 Å². The van der Waals surface area contributed by atoms with Gasteiger partial charge >= 0.3 is 0 Å². The zero-order valence-corrected chi connectivity index (χ0v) is 18.1. The van der Waals surface area contributed by atoms with Gasteiger partial charge in [0, 0.05) is 11.6 Å². The maximum Gasteiger partial charge on any atom is 0.292 e. The third-order valence-corrected chi connectivity index (χ3v) is 4.77. The molecule has 0 radical (unpaired) electrons. The number of hydrogen-bond acceptors (Lipinski definition) is 8. The molecule has 0 aliphatic heterocycles. The molecule has 1 N–H and O–H groups in total. The minimum atomic E-state index is -0.567. The van der Waals surface area contributed by atoms with Gasteiger partial charge < -0.3 is 14.8 Å². The lowest BCUT2D eigenvalue weighted by atomic mass is 10.2. The first-order valence-electron chi connectivity index (χ1n) is 10.2. The molecule has 4 aromatic rings. The number of nitrogens with one attached hydrogen (secondary N) is 1. The summed E-state index contributed by atoms with van der Waals surface area (Å²) >= 11 is 0. The molecule has 1 aromatic heterocycles. The molecule has 0 bridgehead atoms. The van der Waals surface area contributed by atoms with Crippen LogP contribution in [0.4, 0.5) is 11.4 Å². The van der Waals surface area contributed by atoms with Gasteiger partial charge in [-0.15, -0.1) is 10.2 Å². The van der Waals surface area contributed by atoms with E-state index in [1.807, 2.05) is 30.3 Å². The number of nitro benzene ring substituents is 1. The number of aromatic nitrogens is 4. The Balaban J connectivity index is 1.43. The first-order chi connectivity index (χ1) is 16.5. The summed E-state index contributed by atoms with van der Waals surface area (Å²) in [5.74, 6) is 0.817. The van der Waals surface area contributed by atoms with Crippen LogP contribution < -0.4 is 14.8 Å². The smallest absolute Gasteiger partial charge is 0.292 e. The zero-order valence-electron chi connectivity index (χ0n) is 18.1. The average Bonchev–Trinajstić information content (AvgIpc) is 3.31. The predicted molar refractivity (Wildman–Crippen MR) is 122 cm³/mol. The second-order valence-electron chi connectivity index (χ2n) is 7.11. The summed E-state index contributed by atoms with van der Waals surface area (Å²) in [6.45, 7) is 0.119. The standard InChI is InChI=1S/C23H20N6O5/c1-33-21-13-17(11-12-20(21)34-15-16-7-3-2-4-8-16)23-25-27-28(26-23)14-22(30)24-18-9-5-6-10-19(18)29(31)32/h2-13H,14-15H2,1H3,(H,24,30). The van der Waals surface area contributed by atoms with Gasteiger partial charge in [0.2, 0.25) is 11.7 Å². The molecule has 0 spiro atoms. The number of para-hydroxylation sites is 2. The molecule has 0 saturated heterocycles. The minimum absolute atomic E-state index is 0.0914. The van der Waals surface area contributed by atoms with Gasteiger partial charge in [-0.2, -0.15) is 4.80 Å². The number of nitrogens with zero attached hydrogens (tertiary/aromatic N) is 5. The second kappa shape index (κ2) is 10.2. The lowest BCUT2D eigenvalue weighted by molar-refractivity contribution is -0.383. The van der Waals surface area contributed by atoms with Crippen LogP contribution in [0.25, 0.3) is 11.4 Å². The number of carbonyl (C=O) groups is 1. The van der Waals surface area contributed by atoms with Crippen LogP contribution in [-0.4, -0.2) is 38.1 Å². The molecule has 172 valence electrons. The highest BCUT2D eigenvalue weighted by atomic mass is 16.6. The first-order valence-corrected chi connectivity index (χ1v) is 10.2. The van der Waals surface area contributed by atoms with Gasteiger partial charge in [0.25, 0.3) is 5.69 Å². The topological polar surface area (TPSA) is 134 Å². The lowest BCUT2D eigenvalue weighted by Crippen LogP contribution is -2.21. The Morgan fingerprint density at radius 1 is 1.06 bits per heavy atom. The number of carbonyl (C=O) groups excluding carboxylic acids is 1. The van der Waals surface area contributed by atoms with Gasteiger partial charge in [-0.1, -0.05) is 42.5 Å². The quantitative estimate of drug-likeness (QED) is 0.296. The van der Waals surface area contributed by atoms with Crippen molar-refractivity contribution in [2.45, 2.75) is 13.2 Å². The summed E-state index contributed by atoms with van der Waals surface area (Å²) in [7, 11) is 1.53. The van der Waals surface area contributed by atoms with Gasteiger partial charge in [-0.3, -0.25) is 14.9 Å². The SMILES string of the molecule is COc1cc(-c2nnn(CC(=O)Nc3ccccc3[N+](=O)[O-])n2)ccc1OCc1ccccc1. The molecule has 0 saturated carbocycles. The van der Waals surface area contributed by atoms with Gasteiger partial charge in [0.05, 0.1) is 12.0 Å². The van der Waals surface area contributed by atoms with Crippen LogP contribution in [0.15, 0.2) is 72.8 Å². The average molecular weight is 460 g/mol. The van der Waals surface area contributed by atoms with Crippen LogP contribution in [-0.2, 0) is 17.9 Å². The normalized spacial score (nSPS) is 10.5. The Kier molecular flexibility index (Phi) is 6.73. The van der Waals surface area contributed by atoms with Crippen LogP contribution in [0.3, 0.4) is 0 Å². The zero-order chi connectivity index (χ0) is 23.9. The first kappa shape index (κ1) is 22.4. The van der Waals surface area contributed by atoms with Crippen LogP contribution in [0.2, 0.25) is 0 Å². The summed E-state index contributed by atoms with van der Waals surface area (Å²) in [6, 6.07) is 20.8. The van der Waals surface area contributed by atoms with Crippen LogP contribution >= 0.6 is 0 Å². The summed E-state index contributed by atoms with van der Waals surface area (Å²) in [6.07, 6.45) is 0. The number of amides is 1. The Hall–Kier alpha value is -4.80. The van der Waals surface area contributed by atoms with Crippen molar-refractivity contribution in [2.24, 2.45) is 0 Å². The fourth-order valence-corrected chi connectivity index (χ4v) is 3.14. The van der Waals surface area contributed by atoms with E-state index in [0.717, 1.165) is 10.4 Å². The van der Waals surface area contributed by atoms with E-state index in [0.29, 0.717) is 23.7 Å². The van der Waals surface area contributed by atoms with E-state index >= 15 is 0 Å². The highest BCUT2D eigenvalue weighted by molar-refractivity contribution is 5.92. The van der Waals surface area contributed by atoms with Gasteiger partial charge in [0.1, 0.15) is 18.8 Å². The molecule has 34 heavy (non-hydrogen) atoms. The van der Waals surface area contributed by atoms with Crippen LogP contribution in [0, 0.1) is 10.1 Å². The van der Waals surface area contributed by atoms with E-state index in [2.05, 4.69) is 20.7 Å². The van der Waals surface area contributed by atoms with Gasteiger partial charge in [0.15, 0.2) is 11.5 Å². The molecule has 11 nitrogen and oxygen atoms in total. The molecular formula is C23H20N6O5. The van der Waals surface area contributed by atoms with E-state index in [4.69, 9.17) is 9.47 Å². The summed E-state index contributed by atoms with van der Waals surface area (Å²) in [5, 5.41) is 25.7. The molecular weight excluding hydrogens is 440 g/mol.